The van der Waals surface area contributed by atoms with Crippen molar-refractivity contribution in [1.82, 2.24) is 9.80 Å². The number of likely N-dealkylation sites (N-methyl/N-ethyl adjacent to an activating group) is 2. The van der Waals surface area contributed by atoms with Gasteiger partial charge >= 0.3 is 0 Å². The standard InChI is InChI=1S/C20H29N3O2/c1-3-23(12-11-22(2)16-5-4-6-16)20(25)18-13-17(18)14-7-9-15(10-8-14)19(21)24/h7-10,16-18H,3-6,11-13H2,1-2H3,(H2,21,24). The van der Waals surface area contributed by atoms with Crippen LogP contribution in [-0.4, -0.2) is 54.3 Å². The van der Waals surface area contributed by atoms with E-state index in [4.69, 9.17) is 5.73 Å². The molecule has 2 unspecified atom stereocenters. The van der Waals surface area contributed by atoms with Crippen LogP contribution in [0.3, 0.4) is 0 Å². The number of primary amides is 1. The summed E-state index contributed by atoms with van der Waals surface area (Å²) in [6.45, 7) is 4.59. The molecule has 1 aromatic carbocycles. The number of carbonyl (C=O) groups is 2. The lowest BCUT2D eigenvalue weighted by molar-refractivity contribution is -0.132. The fourth-order valence-corrected chi connectivity index (χ4v) is 3.68. The molecule has 1 aromatic rings. The third-order valence-corrected chi connectivity index (χ3v) is 5.85. The average molecular weight is 343 g/mol. The van der Waals surface area contributed by atoms with Crippen molar-refractivity contribution in [1.29, 1.82) is 0 Å². The lowest BCUT2D eigenvalue weighted by Crippen LogP contribution is -2.43. The monoisotopic (exact) mass is 343 g/mol. The summed E-state index contributed by atoms with van der Waals surface area (Å²) in [5, 5.41) is 0. The summed E-state index contributed by atoms with van der Waals surface area (Å²) in [5.74, 6) is 0.234. The molecule has 2 aliphatic carbocycles. The maximum atomic E-state index is 12.8. The zero-order chi connectivity index (χ0) is 18.0. The molecule has 2 fully saturated rings. The Morgan fingerprint density at radius 3 is 2.36 bits per heavy atom. The topological polar surface area (TPSA) is 66.6 Å². The van der Waals surface area contributed by atoms with Gasteiger partial charge in [-0.25, -0.2) is 0 Å². The second-order valence-corrected chi connectivity index (χ2v) is 7.42. The van der Waals surface area contributed by atoms with Gasteiger partial charge in [-0.2, -0.15) is 0 Å². The van der Waals surface area contributed by atoms with E-state index < -0.39 is 5.91 Å². The molecule has 2 aliphatic rings. The zero-order valence-electron chi connectivity index (χ0n) is 15.3. The summed E-state index contributed by atoms with van der Waals surface area (Å²) >= 11 is 0. The Hall–Kier alpha value is -1.88. The van der Waals surface area contributed by atoms with Gasteiger partial charge < -0.3 is 15.5 Å². The van der Waals surface area contributed by atoms with Gasteiger partial charge in [0.15, 0.2) is 0 Å². The first-order valence-corrected chi connectivity index (χ1v) is 9.40. The number of benzene rings is 1. The van der Waals surface area contributed by atoms with Crippen LogP contribution in [0.1, 0.15) is 54.4 Å². The van der Waals surface area contributed by atoms with Gasteiger partial charge in [0.1, 0.15) is 0 Å². The van der Waals surface area contributed by atoms with E-state index in [0.717, 1.165) is 31.6 Å². The first-order chi connectivity index (χ1) is 12.0. The molecule has 5 heteroatoms. The molecule has 2 N–H and O–H groups in total. The molecule has 0 saturated heterocycles. The number of carbonyl (C=O) groups excluding carboxylic acids is 2. The largest absolute Gasteiger partial charge is 0.366 e. The predicted molar refractivity (Wildman–Crippen MR) is 98.3 cm³/mol. The second kappa shape index (κ2) is 7.56. The Kier molecular flexibility index (Phi) is 5.42. The maximum absolute atomic E-state index is 12.8. The van der Waals surface area contributed by atoms with Crippen LogP contribution in [0.25, 0.3) is 0 Å². The third kappa shape index (κ3) is 4.03. The molecule has 0 spiro atoms. The number of hydrogen-bond donors (Lipinski definition) is 1. The summed E-state index contributed by atoms with van der Waals surface area (Å²) in [4.78, 5) is 28.3. The minimum atomic E-state index is -0.414. The molecule has 2 atom stereocenters. The van der Waals surface area contributed by atoms with Crippen molar-refractivity contribution in [2.45, 2.75) is 44.6 Å². The van der Waals surface area contributed by atoms with Gasteiger partial charge in [-0.15, -0.1) is 0 Å². The number of rotatable bonds is 8. The first kappa shape index (κ1) is 17.9. The van der Waals surface area contributed by atoms with E-state index in [1.54, 1.807) is 12.1 Å². The first-order valence-electron chi connectivity index (χ1n) is 9.40. The second-order valence-electron chi connectivity index (χ2n) is 7.42. The van der Waals surface area contributed by atoms with Crippen LogP contribution in [-0.2, 0) is 4.79 Å². The van der Waals surface area contributed by atoms with E-state index in [9.17, 15) is 9.59 Å². The molecule has 2 amide bonds. The third-order valence-electron chi connectivity index (χ3n) is 5.85. The Labute approximate surface area is 150 Å². The molecule has 0 aromatic heterocycles. The lowest BCUT2D eigenvalue weighted by atomic mass is 9.92. The van der Waals surface area contributed by atoms with Gasteiger partial charge in [-0.1, -0.05) is 18.6 Å². The highest BCUT2D eigenvalue weighted by Gasteiger charge is 2.45. The fourth-order valence-electron chi connectivity index (χ4n) is 3.68. The molecule has 25 heavy (non-hydrogen) atoms. The van der Waals surface area contributed by atoms with E-state index in [1.807, 2.05) is 17.0 Å². The van der Waals surface area contributed by atoms with E-state index >= 15 is 0 Å². The molecular weight excluding hydrogens is 314 g/mol. The summed E-state index contributed by atoms with van der Waals surface area (Å²) in [7, 11) is 2.17. The van der Waals surface area contributed by atoms with Crippen LogP contribution in [0.2, 0.25) is 0 Å². The highest BCUT2D eigenvalue weighted by atomic mass is 16.2. The van der Waals surface area contributed by atoms with Gasteiger partial charge in [0.2, 0.25) is 11.8 Å². The van der Waals surface area contributed by atoms with Crippen LogP contribution >= 0.6 is 0 Å². The number of amides is 2. The molecule has 0 radical (unpaired) electrons. The summed E-state index contributed by atoms with van der Waals surface area (Å²) < 4.78 is 0. The summed E-state index contributed by atoms with van der Waals surface area (Å²) in [6.07, 6.45) is 4.83. The predicted octanol–water partition coefficient (Wildman–Crippen LogP) is 2.22. The Balaban J connectivity index is 1.52. The van der Waals surface area contributed by atoms with Crippen LogP contribution in [0.5, 0.6) is 0 Å². The van der Waals surface area contributed by atoms with Crippen molar-refractivity contribution in [2.75, 3.05) is 26.7 Å². The van der Waals surface area contributed by atoms with Gasteiger partial charge in [0, 0.05) is 37.2 Å². The summed E-state index contributed by atoms with van der Waals surface area (Å²) in [6, 6.07) is 8.08. The van der Waals surface area contributed by atoms with Crippen LogP contribution < -0.4 is 5.73 Å². The Morgan fingerprint density at radius 1 is 1.16 bits per heavy atom. The zero-order valence-corrected chi connectivity index (χ0v) is 15.3. The average Bonchev–Trinajstić information content (AvgIpc) is 3.34. The normalized spacial score (nSPS) is 22.5. The van der Waals surface area contributed by atoms with E-state index in [2.05, 4.69) is 18.9 Å². The smallest absolute Gasteiger partial charge is 0.248 e. The number of nitrogens with zero attached hydrogens (tertiary/aromatic N) is 2. The Morgan fingerprint density at radius 2 is 1.84 bits per heavy atom. The fraction of sp³-hybridized carbons (Fsp3) is 0.600. The molecule has 2 saturated carbocycles. The van der Waals surface area contributed by atoms with Gasteiger partial charge in [-0.3, -0.25) is 9.59 Å². The summed E-state index contributed by atoms with van der Waals surface area (Å²) in [5.41, 5.74) is 6.92. The highest BCUT2D eigenvalue weighted by Crippen LogP contribution is 2.48. The van der Waals surface area contributed by atoms with Crippen molar-refractivity contribution in [3.8, 4) is 0 Å². The van der Waals surface area contributed by atoms with Crippen LogP contribution in [0.15, 0.2) is 24.3 Å². The minimum Gasteiger partial charge on any atom is -0.366 e. The molecule has 0 bridgehead atoms. The van der Waals surface area contributed by atoms with E-state index in [1.165, 1.54) is 19.3 Å². The van der Waals surface area contributed by atoms with Crippen molar-refractivity contribution in [3.63, 3.8) is 0 Å². The van der Waals surface area contributed by atoms with Crippen LogP contribution in [0.4, 0.5) is 0 Å². The quantitative estimate of drug-likeness (QED) is 0.787. The van der Waals surface area contributed by atoms with Crippen molar-refractivity contribution >= 4 is 11.8 Å². The van der Waals surface area contributed by atoms with Gasteiger partial charge in [0.25, 0.3) is 0 Å². The van der Waals surface area contributed by atoms with Crippen molar-refractivity contribution in [3.05, 3.63) is 35.4 Å². The van der Waals surface area contributed by atoms with Crippen molar-refractivity contribution in [2.24, 2.45) is 11.7 Å². The molecule has 5 nitrogen and oxygen atoms in total. The molecule has 3 rings (SSSR count). The lowest BCUT2D eigenvalue weighted by Gasteiger charge is -2.36. The van der Waals surface area contributed by atoms with Crippen LogP contribution in [0, 0.1) is 5.92 Å². The van der Waals surface area contributed by atoms with E-state index in [-0.39, 0.29) is 17.7 Å². The molecular formula is C20H29N3O2. The Bertz CT molecular complexity index is 624. The van der Waals surface area contributed by atoms with Crippen molar-refractivity contribution < 1.29 is 9.59 Å². The van der Waals surface area contributed by atoms with Gasteiger partial charge in [-0.05, 0) is 56.8 Å². The number of nitrogens with two attached hydrogens (primary N) is 1. The SMILES string of the molecule is CCN(CCN(C)C1CCC1)C(=O)C1CC1c1ccc(C(N)=O)cc1. The molecule has 136 valence electrons. The highest BCUT2D eigenvalue weighted by molar-refractivity contribution is 5.92. The molecule has 0 aliphatic heterocycles. The minimum absolute atomic E-state index is 0.0911. The van der Waals surface area contributed by atoms with E-state index in [0.29, 0.717) is 11.6 Å². The molecule has 0 heterocycles. The number of hydrogen-bond acceptors (Lipinski definition) is 3. The van der Waals surface area contributed by atoms with Gasteiger partial charge in [0.05, 0.1) is 0 Å². The maximum Gasteiger partial charge on any atom is 0.248 e.